The molecule has 2 aliphatic carbocycles. The molecule has 1 aromatic rings. The number of nitrogens with one attached hydrogen (secondary N) is 2. The Morgan fingerprint density at radius 1 is 1.14 bits per heavy atom. The average molecular weight is 398 g/mol. The van der Waals surface area contributed by atoms with Gasteiger partial charge in [0.15, 0.2) is 0 Å². The molecule has 1 aromatic carbocycles. The number of phenolic OH excluding ortho intramolecular Hbond substituents is 1. The highest BCUT2D eigenvalue weighted by atomic mass is 32.2. The van der Waals surface area contributed by atoms with Crippen molar-refractivity contribution in [2.24, 2.45) is 5.10 Å². The van der Waals surface area contributed by atoms with Crippen LogP contribution in [-0.2, 0) is 5.41 Å². The molecule has 3 N–H and O–H groups in total. The first kappa shape index (κ1) is 20.7. The molecule has 0 heterocycles. The quantitative estimate of drug-likeness (QED) is 0.317. The number of thioether (sulfide) groups is 1. The SMILES string of the molecule is Cc1cc(N/N=C2/C=C(SC3CCCCC3)C=CC2=N)c(O)c(C(C)(C)C)c1. The molecule has 3 rings (SSSR count). The van der Waals surface area contributed by atoms with Crippen molar-refractivity contribution >= 4 is 28.9 Å². The van der Waals surface area contributed by atoms with Gasteiger partial charge in [0.05, 0.1) is 11.4 Å². The highest BCUT2D eigenvalue weighted by molar-refractivity contribution is 8.03. The van der Waals surface area contributed by atoms with Crippen LogP contribution in [-0.4, -0.2) is 21.8 Å². The van der Waals surface area contributed by atoms with Crippen LogP contribution in [0, 0.1) is 12.3 Å². The number of allylic oxidation sites excluding steroid dienone is 3. The van der Waals surface area contributed by atoms with E-state index in [1.165, 1.54) is 32.1 Å². The Morgan fingerprint density at radius 3 is 2.54 bits per heavy atom. The molecule has 0 saturated heterocycles. The van der Waals surface area contributed by atoms with Crippen LogP contribution in [0.4, 0.5) is 5.69 Å². The molecule has 28 heavy (non-hydrogen) atoms. The number of hydrogen-bond donors (Lipinski definition) is 3. The zero-order valence-corrected chi connectivity index (χ0v) is 18.1. The minimum absolute atomic E-state index is 0.163. The van der Waals surface area contributed by atoms with Gasteiger partial charge in [0, 0.05) is 15.7 Å². The summed E-state index contributed by atoms with van der Waals surface area (Å²) in [6.07, 6.45) is 12.3. The fourth-order valence-corrected chi connectivity index (χ4v) is 4.89. The smallest absolute Gasteiger partial charge is 0.144 e. The van der Waals surface area contributed by atoms with Crippen LogP contribution in [0.5, 0.6) is 5.75 Å². The first-order chi connectivity index (χ1) is 13.2. The van der Waals surface area contributed by atoms with E-state index in [1.807, 2.05) is 49.0 Å². The van der Waals surface area contributed by atoms with Gasteiger partial charge in [-0.05, 0) is 55.0 Å². The van der Waals surface area contributed by atoms with Gasteiger partial charge in [-0.2, -0.15) is 5.10 Å². The second-order valence-corrected chi connectivity index (χ2v) is 10.1. The average Bonchev–Trinajstić information content (AvgIpc) is 2.64. The Kier molecular flexibility index (Phi) is 6.33. The number of benzene rings is 1. The number of aryl methyl sites for hydroxylation is 1. The molecule has 0 unspecified atom stereocenters. The number of hydrogen-bond acceptors (Lipinski definition) is 5. The van der Waals surface area contributed by atoms with Gasteiger partial charge >= 0.3 is 0 Å². The van der Waals surface area contributed by atoms with Crippen LogP contribution in [0.15, 0.2) is 40.4 Å². The monoisotopic (exact) mass is 397 g/mol. The third-order valence-corrected chi connectivity index (χ3v) is 6.51. The maximum Gasteiger partial charge on any atom is 0.144 e. The van der Waals surface area contributed by atoms with Crippen molar-refractivity contribution in [3.8, 4) is 5.75 Å². The maximum atomic E-state index is 10.7. The van der Waals surface area contributed by atoms with Gasteiger partial charge < -0.3 is 5.11 Å². The minimum atomic E-state index is -0.163. The van der Waals surface area contributed by atoms with Crippen LogP contribution >= 0.6 is 11.8 Å². The van der Waals surface area contributed by atoms with Crippen molar-refractivity contribution in [2.45, 2.75) is 70.5 Å². The van der Waals surface area contributed by atoms with Crippen molar-refractivity contribution in [1.29, 1.82) is 5.41 Å². The zero-order chi connectivity index (χ0) is 20.3. The Morgan fingerprint density at radius 2 is 1.86 bits per heavy atom. The topological polar surface area (TPSA) is 68.5 Å². The van der Waals surface area contributed by atoms with E-state index in [0.717, 1.165) is 16.0 Å². The molecule has 1 fully saturated rings. The van der Waals surface area contributed by atoms with Crippen molar-refractivity contribution < 1.29 is 5.11 Å². The van der Waals surface area contributed by atoms with E-state index in [1.54, 1.807) is 0 Å². The van der Waals surface area contributed by atoms with Crippen LogP contribution in [0.25, 0.3) is 0 Å². The Balaban J connectivity index is 1.80. The molecule has 0 spiro atoms. The highest BCUT2D eigenvalue weighted by Crippen LogP contribution is 2.37. The summed E-state index contributed by atoms with van der Waals surface area (Å²) in [6, 6.07) is 3.90. The number of rotatable bonds is 4. The first-order valence-electron chi connectivity index (χ1n) is 10.1. The lowest BCUT2D eigenvalue weighted by molar-refractivity contribution is 0.448. The summed E-state index contributed by atoms with van der Waals surface area (Å²) >= 11 is 1.90. The molecule has 0 aromatic heterocycles. The van der Waals surface area contributed by atoms with Crippen LogP contribution < -0.4 is 5.43 Å². The third kappa shape index (κ3) is 5.07. The predicted molar refractivity (Wildman–Crippen MR) is 122 cm³/mol. The molecule has 0 atom stereocenters. The van der Waals surface area contributed by atoms with Gasteiger partial charge in [-0.25, -0.2) is 0 Å². The Labute approximate surface area is 172 Å². The summed E-state index contributed by atoms with van der Waals surface area (Å²) in [5.41, 5.74) is 6.34. The van der Waals surface area contributed by atoms with Crippen molar-refractivity contribution in [1.82, 2.24) is 0 Å². The second-order valence-electron chi connectivity index (χ2n) is 8.74. The minimum Gasteiger partial charge on any atom is -0.505 e. The van der Waals surface area contributed by atoms with Gasteiger partial charge in [-0.15, -0.1) is 11.8 Å². The number of aromatic hydroxyl groups is 1. The summed E-state index contributed by atoms with van der Waals surface area (Å²) in [4.78, 5) is 1.16. The van der Waals surface area contributed by atoms with Crippen LogP contribution in [0.1, 0.15) is 64.0 Å². The number of phenols is 1. The molecule has 0 bridgehead atoms. The molecule has 2 aliphatic rings. The summed E-state index contributed by atoms with van der Waals surface area (Å²) in [5.74, 6) is 0.223. The van der Waals surface area contributed by atoms with E-state index in [9.17, 15) is 5.11 Å². The standard InChI is InChI=1S/C23H31N3OS/c1-15-12-18(23(2,3)4)22(27)21(13-15)26-25-20-14-17(10-11-19(20)24)28-16-8-6-5-7-9-16/h10-14,16,24,26-27H,5-9H2,1-4H3/b24-19?,25-20-. The van der Waals surface area contributed by atoms with E-state index >= 15 is 0 Å². The van der Waals surface area contributed by atoms with Crippen LogP contribution in [0.3, 0.4) is 0 Å². The van der Waals surface area contributed by atoms with E-state index in [4.69, 9.17) is 5.41 Å². The van der Waals surface area contributed by atoms with Gasteiger partial charge in [0.25, 0.3) is 0 Å². The molecule has 150 valence electrons. The first-order valence-corrected chi connectivity index (χ1v) is 10.9. The van der Waals surface area contributed by atoms with Gasteiger partial charge in [-0.3, -0.25) is 10.8 Å². The second kappa shape index (κ2) is 8.56. The Bertz CT molecular complexity index is 840. The van der Waals surface area contributed by atoms with Gasteiger partial charge in [0.2, 0.25) is 0 Å². The molecule has 0 amide bonds. The highest BCUT2D eigenvalue weighted by Gasteiger charge is 2.21. The van der Waals surface area contributed by atoms with Crippen molar-refractivity contribution in [2.75, 3.05) is 5.43 Å². The maximum absolute atomic E-state index is 10.7. The summed E-state index contributed by atoms with van der Waals surface area (Å²) in [7, 11) is 0. The van der Waals surface area contributed by atoms with Crippen LogP contribution in [0.2, 0.25) is 0 Å². The number of anilines is 1. The fourth-order valence-electron chi connectivity index (χ4n) is 3.61. The molecule has 4 nitrogen and oxygen atoms in total. The Hall–Kier alpha value is -2.01. The van der Waals surface area contributed by atoms with Gasteiger partial charge in [-0.1, -0.05) is 46.1 Å². The molecule has 5 heteroatoms. The van der Waals surface area contributed by atoms with E-state index in [0.29, 0.717) is 22.4 Å². The third-order valence-electron chi connectivity index (χ3n) is 5.18. The van der Waals surface area contributed by atoms with E-state index < -0.39 is 0 Å². The van der Waals surface area contributed by atoms with Crippen molar-refractivity contribution in [3.63, 3.8) is 0 Å². The van der Waals surface area contributed by atoms with E-state index in [2.05, 4.69) is 31.3 Å². The summed E-state index contributed by atoms with van der Waals surface area (Å²) in [6.45, 7) is 8.25. The molecule has 1 saturated carbocycles. The fraction of sp³-hybridized carbons (Fsp3) is 0.478. The number of nitrogens with zero attached hydrogens (tertiary/aromatic N) is 1. The lowest BCUT2D eigenvalue weighted by atomic mass is 9.85. The predicted octanol–water partition coefficient (Wildman–Crippen LogP) is 6.31. The van der Waals surface area contributed by atoms with E-state index in [-0.39, 0.29) is 11.2 Å². The van der Waals surface area contributed by atoms with Crippen molar-refractivity contribution in [3.05, 3.63) is 46.4 Å². The normalized spacial score (nSPS) is 19.8. The lowest BCUT2D eigenvalue weighted by Crippen LogP contribution is -2.15. The summed E-state index contributed by atoms with van der Waals surface area (Å²) in [5, 5.41) is 24.0. The molecule has 0 aliphatic heterocycles. The molecule has 0 radical (unpaired) electrons. The summed E-state index contributed by atoms with van der Waals surface area (Å²) < 4.78 is 0. The lowest BCUT2D eigenvalue weighted by Gasteiger charge is -2.23. The van der Waals surface area contributed by atoms with Gasteiger partial charge in [0.1, 0.15) is 11.5 Å². The largest absolute Gasteiger partial charge is 0.505 e. The molecular formula is C23H31N3OS. The molecular weight excluding hydrogens is 366 g/mol. The number of hydrazone groups is 1. The zero-order valence-electron chi connectivity index (χ0n) is 17.3.